The lowest BCUT2D eigenvalue weighted by atomic mass is 9.78. The second-order valence-electron chi connectivity index (χ2n) is 5.53. The van der Waals surface area contributed by atoms with Crippen LogP contribution in [0.4, 0.5) is 5.69 Å². The molecule has 0 saturated heterocycles. The fourth-order valence-corrected chi connectivity index (χ4v) is 2.75. The minimum absolute atomic E-state index is 0.295. The summed E-state index contributed by atoms with van der Waals surface area (Å²) < 4.78 is 5.00. The Hall–Kier alpha value is -2.57. The van der Waals surface area contributed by atoms with Gasteiger partial charge in [-0.05, 0) is 37.1 Å². The van der Waals surface area contributed by atoms with Gasteiger partial charge in [-0.1, -0.05) is 12.8 Å². The zero-order chi connectivity index (χ0) is 16.8. The molecule has 7 heteroatoms. The second kappa shape index (κ2) is 7.62. The third kappa shape index (κ3) is 4.70. The van der Waals surface area contributed by atoms with E-state index in [9.17, 15) is 19.5 Å². The van der Waals surface area contributed by atoms with Crippen LogP contribution in [0.3, 0.4) is 0 Å². The summed E-state index contributed by atoms with van der Waals surface area (Å²) in [7, 11) is 0. The molecule has 7 nitrogen and oxygen atoms in total. The van der Waals surface area contributed by atoms with Gasteiger partial charge in [0.2, 0.25) is 5.91 Å². The van der Waals surface area contributed by atoms with E-state index in [4.69, 9.17) is 9.84 Å². The first-order valence-electron chi connectivity index (χ1n) is 7.45. The van der Waals surface area contributed by atoms with Crippen LogP contribution in [0, 0.1) is 11.8 Å². The SMILES string of the molecule is O=C(O)COc1ccc(NC(=O)C2CCCCC2C(=O)O)cc1. The van der Waals surface area contributed by atoms with Crippen LogP contribution in [-0.2, 0) is 14.4 Å². The molecule has 23 heavy (non-hydrogen) atoms. The average molecular weight is 321 g/mol. The number of benzene rings is 1. The highest BCUT2D eigenvalue weighted by molar-refractivity contribution is 5.95. The second-order valence-corrected chi connectivity index (χ2v) is 5.53. The minimum atomic E-state index is -1.07. The maximum atomic E-state index is 12.3. The minimum Gasteiger partial charge on any atom is -0.482 e. The van der Waals surface area contributed by atoms with E-state index >= 15 is 0 Å². The number of carbonyl (C=O) groups excluding carboxylic acids is 1. The number of anilines is 1. The lowest BCUT2D eigenvalue weighted by Crippen LogP contribution is -2.36. The Bertz CT molecular complexity index is 583. The number of nitrogens with one attached hydrogen (secondary N) is 1. The summed E-state index contributed by atoms with van der Waals surface area (Å²) >= 11 is 0. The summed E-state index contributed by atoms with van der Waals surface area (Å²) in [5.41, 5.74) is 0.521. The molecule has 0 spiro atoms. The molecule has 0 radical (unpaired) electrons. The average Bonchev–Trinajstić information content (AvgIpc) is 2.54. The zero-order valence-electron chi connectivity index (χ0n) is 12.5. The molecule has 1 aliphatic rings. The van der Waals surface area contributed by atoms with Crippen molar-refractivity contribution in [1.29, 1.82) is 0 Å². The molecule has 2 unspecified atom stereocenters. The van der Waals surface area contributed by atoms with Crippen LogP contribution in [0.15, 0.2) is 24.3 Å². The van der Waals surface area contributed by atoms with Crippen LogP contribution in [-0.4, -0.2) is 34.7 Å². The van der Waals surface area contributed by atoms with E-state index in [1.165, 1.54) is 0 Å². The molecule has 1 aliphatic carbocycles. The topological polar surface area (TPSA) is 113 Å². The molecule has 1 saturated carbocycles. The Morgan fingerprint density at radius 3 is 2.22 bits per heavy atom. The molecule has 0 heterocycles. The molecular formula is C16H19NO6. The first kappa shape index (κ1) is 16.8. The van der Waals surface area contributed by atoms with Gasteiger partial charge in [-0.2, -0.15) is 0 Å². The predicted octanol–water partition coefficient (Wildman–Crippen LogP) is 1.98. The molecule has 1 fully saturated rings. The Morgan fingerprint density at radius 2 is 1.65 bits per heavy atom. The van der Waals surface area contributed by atoms with Crippen LogP contribution >= 0.6 is 0 Å². The third-order valence-corrected chi connectivity index (χ3v) is 3.90. The maximum Gasteiger partial charge on any atom is 0.341 e. The lowest BCUT2D eigenvalue weighted by Gasteiger charge is -2.27. The molecular weight excluding hydrogens is 302 g/mol. The number of aliphatic carboxylic acids is 2. The number of rotatable bonds is 6. The fourth-order valence-electron chi connectivity index (χ4n) is 2.75. The number of hydrogen-bond donors (Lipinski definition) is 3. The highest BCUT2D eigenvalue weighted by Crippen LogP contribution is 2.31. The van der Waals surface area contributed by atoms with Crippen LogP contribution in [0.2, 0.25) is 0 Å². The highest BCUT2D eigenvalue weighted by Gasteiger charge is 2.35. The summed E-state index contributed by atoms with van der Waals surface area (Å²) in [5, 5.41) is 20.5. The van der Waals surface area contributed by atoms with Crippen molar-refractivity contribution < 1.29 is 29.3 Å². The number of carboxylic acids is 2. The molecule has 0 bridgehead atoms. The highest BCUT2D eigenvalue weighted by atomic mass is 16.5. The Kier molecular flexibility index (Phi) is 5.56. The van der Waals surface area contributed by atoms with Gasteiger partial charge in [0.15, 0.2) is 6.61 Å². The lowest BCUT2D eigenvalue weighted by molar-refractivity contribution is -0.147. The summed E-state index contributed by atoms with van der Waals surface area (Å²) in [4.78, 5) is 34.0. The molecule has 1 aromatic rings. The van der Waals surface area contributed by atoms with Crippen LogP contribution in [0.25, 0.3) is 0 Å². The first-order valence-corrected chi connectivity index (χ1v) is 7.45. The fraction of sp³-hybridized carbons (Fsp3) is 0.438. The molecule has 2 rings (SSSR count). The molecule has 124 valence electrons. The summed E-state index contributed by atoms with van der Waals surface area (Å²) in [6.45, 7) is -0.436. The van der Waals surface area contributed by atoms with Crippen molar-refractivity contribution >= 4 is 23.5 Å². The van der Waals surface area contributed by atoms with Crippen LogP contribution in [0.1, 0.15) is 25.7 Å². The number of ether oxygens (including phenoxy) is 1. The van der Waals surface area contributed by atoms with Crippen molar-refractivity contribution in [2.24, 2.45) is 11.8 Å². The molecule has 0 aromatic heterocycles. The van der Waals surface area contributed by atoms with Crippen LogP contribution < -0.4 is 10.1 Å². The number of carbonyl (C=O) groups is 3. The smallest absolute Gasteiger partial charge is 0.341 e. The van der Waals surface area contributed by atoms with Gasteiger partial charge in [-0.25, -0.2) is 4.79 Å². The van der Waals surface area contributed by atoms with Crippen molar-refractivity contribution in [3.05, 3.63) is 24.3 Å². The van der Waals surface area contributed by atoms with E-state index in [0.717, 1.165) is 12.8 Å². The van der Waals surface area contributed by atoms with Gasteiger partial charge in [-0.15, -0.1) is 0 Å². The molecule has 0 aliphatic heterocycles. The van der Waals surface area contributed by atoms with Crippen molar-refractivity contribution in [3.63, 3.8) is 0 Å². The quantitative estimate of drug-likeness (QED) is 0.738. The number of carboxylic acid groups (broad SMARTS) is 2. The molecule has 2 atom stereocenters. The number of amides is 1. The summed E-state index contributed by atoms with van der Waals surface area (Å²) in [5.74, 6) is -3.07. The number of hydrogen-bond acceptors (Lipinski definition) is 4. The standard InChI is InChI=1S/C16H19NO6/c18-14(19)9-23-11-7-5-10(6-8-11)17-15(20)12-3-1-2-4-13(12)16(21)22/h5-8,12-13H,1-4,9H2,(H,17,20)(H,18,19)(H,21,22). The normalized spacial score (nSPS) is 20.5. The third-order valence-electron chi connectivity index (χ3n) is 3.90. The van der Waals surface area contributed by atoms with Crippen molar-refractivity contribution in [1.82, 2.24) is 0 Å². The van der Waals surface area contributed by atoms with E-state index < -0.39 is 30.4 Å². The summed E-state index contributed by atoms with van der Waals surface area (Å²) in [6.07, 6.45) is 2.78. The van der Waals surface area contributed by atoms with Gasteiger partial charge < -0.3 is 20.3 Å². The summed E-state index contributed by atoms with van der Waals surface area (Å²) in [6, 6.07) is 6.28. The van der Waals surface area contributed by atoms with Crippen LogP contribution in [0.5, 0.6) is 5.75 Å². The Morgan fingerprint density at radius 1 is 1.04 bits per heavy atom. The van der Waals surface area contributed by atoms with Gasteiger partial charge in [0.25, 0.3) is 0 Å². The molecule has 1 aromatic carbocycles. The Balaban J connectivity index is 1.96. The van der Waals surface area contributed by atoms with Gasteiger partial charge in [-0.3, -0.25) is 9.59 Å². The van der Waals surface area contributed by atoms with Crippen molar-refractivity contribution in [3.8, 4) is 5.75 Å². The van der Waals surface area contributed by atoms with E-state index in [1.54, 1.807) is 24.3 Å². The van der Waals surface area contributed by atoms with Crippen molar-refractivity contribution in [2.75, 3.05) is 11.9 Å². The maximum absolute atomic E-state index is 12.3. The molecule has 1 amide bonds. The first-order chi connectivity index (χ1) is 11.0. The van der Waals surface area contributed by atoms with E-state index in [1.807, 2.05) is 0 Å². The van der Waals surface area contributed by atoms with Crippen molar-refractivity contribution in [2.45, 2.75) is 25.7 Å². The largest absolute Gasteiger partial charge is 0.482 e. The van der Waals surface area contributed by atoms with E-state index in [-0.39, 0.29) is 5.91 Å². The van der Waals surface area contributed by atoms with Gasteiger partial charge in [0.1, 0.15) is 5.75 Å². The van der Waals surface area contributed by atoms with Gasteiger partial charge >= 0.3 is 11.9 Å². The Labute approximate surface area is 133 Å². The molecule has 3 N–H and O–H groups in total. The van der Waals surface area contributed by atoms with Gasteiger partial charge in [0, 0.05) is 5.69 Å². The van der Waals surface area contributed by atoms with Gasteiger partial charge in [0.05, 0.1) is 11.8 Å². The zero-order valence-corrected chi connectivity index (χ0v) is 12.5. The van der Waals surface area contributed by atoms with E-state index in [2.05, 4.69) is 5.32 Å². The predicted molar refractivity (Wildman–Crippen MR) is 81.3 cm³/mol. The van der Waals surface area contributed by atoms with E-state index in [0.29, 0.717) is 24.3 Å². The monoisotopic (exact) mass is 321 g/mol.